The number of aliphatic hydroxyl groups excluding tert-OH is 3. The zero-order valence-electron chi connectivity index (χ0n) is 24.4. The van der Waals surface area contributed by atoms with E-state index in [1.807, 2.05) is 48.5 Å². The number of halogens is 1. The van der Waals surface area contributed by atoms with Gasteiger partial charge in [-0.25, -0.2) is 4.39 Å². The number of hydrogen-bond acceptors (Lipinski definition) is 7. The molecule has 9 heteroatoms. The van der Waals surface area contributed by atoms with Gasteiger partial charge in [-0.1, -0.05) is 48.5 Å². The van der Waals surface area contributed by atoms with E-state index in [0.717, 1.165) is 28.8 Å². The van der Waals surface area contributed by atoms with Crippen molar-refractivity contribution in [2.24, 2.45) is 5.92 Å². The van der Waals surface area contributed by atoms with Crippen LogP contribution in [0.15, 0.2) is 72.8 Å². The van der Waals surface area contributed by atoms with Crippen LogP contribution in [0.4, 0.5) is 10.1 Å². The van der Waals surface area contributed by atoms with E-state index in [2.05, 4.69) is 0 Å². The first-order valence-corrected chi connectivity index (χ1v) is 14.7. The molecule has 1 fully saturated rings. The van der Waals surface area contributed by atoms with Gasteiger partial charge < -0.3 is 30.1 Å². The highest BCUT2D eigenvalue weighted by molar-refractivity contribution is 6.03. The molecule has 0 bridgehead atoms. The van der Waals surface area contributed by atoms with Gasteiger partial charge in [-0.2, -0.15) is 0 Å². The van der Waals surface area contributed by atoms with E-state index in [-0.39, 0.29) is 30.9 Å². The number of β-lactam (4-membered cyclic amide) rings is 1. The number of rotatable bonds is 15. The molecule has 230 valence electrons. The SMILES string of the molecule is CC(=O)O[C@H](CC[C@H]1C(=O)N(c2ccc(CCCO)cc2)[C@@H]1c1ccc(CCC(O)(CO)CO)cc1)c1ccc(F)cc1. The van der Waals surface area contributed by atoms with Gasteiger partial charge >= 0.3 is 5.97 Å². The minimum atomic E-state index is -1.55. The first-order valence-electron chi connectivity index (χ1n) is 14.7. The van der Waals surface area contributed by atoms with Crippen molar-refractivity contribution in [3.8, 4) is 0 Å². The average Bonchev–Trinajstić information content (AvgIpc) is 3.02. The van der Waals surface area contributed by atoms with E-state index < -0.39 is 36.7 Å². The average molecular weight is 594 g/mol. The highest BCUT2D eigenvalue weighted by Crippen LogP contribution is 2.46. The van der Waals surface area contributed by atoms with Crippen molar-refractivity contribution in [3.63, 3.8) is 0 Å². The van der Waals surface area contributed by atoms with Gasteiger partial charge in [-0.15, -0.1) is 0 Å². The van der Waals surface area contributed by atoms with Crippen LogP contribution >= 0.6 is 0 Å². The first kappa shape index (κ1) is 32.3. The van der Waals surface area contributed by atoms with Crippen molar-refractivity contribution in [3.05, 3.63) is 101 Å². The summed E-state index contributed by atoms with van der Waals surface area (Å²) in [5, 5.41) is 38.2. The third kappa shape index (κ3) is 8.06. The molecule has 3 atom stereocenters. The van der Waals surface area contributed by atoms with Gasteiger partial charge in [0.05, 0.1) is 25.2 Å². The fourth-order valence-corrected chi connectivity index (χ4v) is 5.57. The normalized spacial score (nSPS) is 17.4. The predicted molar refractivity (Wildman–Crippen MR) is 160 cm³/mol. The summed E-state index contributed by atoms with van der Waals surface area (Å²) in [6.07, 6.45) is 2.23. The van der Waals surface area contributed by atoms with Gasteiger partial charge in [-0.05, 0) is 85.0 Å². The maximum absolute atomic E-state index is 13.6. The van der Waals surface area contributed by atoms with E-state index >= 15 is 0 Å². The molecule has 1 aliphatic rings. The van der Waals surface area contributed by atoms with Gasteiger partial charge in [0.15, 0.2) is 0 Å². The van der Waals surface area contributed by atoms with Crippen LogP contribution in [0.25, 0.3) is 0 Å². The number of hydrogen-bond donors (Lipinski definition) is 4. The molecule has 1 aliphatic heterocycles. The lowest BCUT2D eigenvalue weighted by molar-refractivity contribution is -0.147. The lowest BCUT2D eigenvalue weighted by Gasteiger charge is -2.48. The number of carbonyl (C=O) groups is 2. The summed E-state index contributed by atoms with van der Waals surface area (Å²) in [4.78, 5) is 27.3. The topological polar surface area (TPSA) is 128 Å². The second kappa shape index (κ2) is 14.7. The van der Waals surface area contributed by atoms with E-state index in [9.17, 15) is 29.3 Å². The molecule has 4 rings (SSSR count). The van der Waals surface area contributed by atoms with Gasteiger partial charge in [0, 0.05) is 19.2 Å². The van der Waals surface area contributed by atoms with Gasteiger partial charge in [-0.3, -0.25) is 9.59 Å². The number of aryl methyl sites for hydroxylation is 2. The summed E-state index contributed by atoms with van der Waals surface area (Å²) in [6, 6.07) is 21.0. The number of aliphatic hydroxyl groups is 4. The van der Waals surface area contributed by atoms with Crippen LogP contribution in [-0.4, -0.2) is 57.7 Å². The molecule has 0 aromatic heterocycles. The Morgan fingerprint density at radius 2 is 1.53 bits per heavy atom. The van der Waals surface area contributed by atoms with Gasteiger partial charge in [0.1, 0.15) is 17.5 Å². The molecule has 3 aromatic rings. The highest BCUT2D eigenvalue weighted by Gasteiger charge is 2.48. The van der Waals surface area contributed by atoms with Gasteiger partial charge in [0.25, 0.3) is 0 Å². The number of anilines is 1. The monoisotopic (exact) mass is 593 g/mol. The quantitative estimate of drug-likeness (QED) is 0.154. The highest BCUT2D eigenvalue weighted by atomic mass is 19.1. The Hall–Kier alpha value is -3.63. The molecule has 0 radical (unpaired) electrons. The zero-order chi connectivity index (χ0) is 31.0. The molecule has 43 heavy (non-hydrogen) atoms. The third-order valence-electron chi connectivity index (χ3n) is 8.13. The third-order valence-corrected chi connectivity index (χ3v) is 8.13. The van der Waals surface area contributed by atoms with Crippen LogP contribution in [0.5, 0.6) is 0 Å². The van der Waals surface area contributed by atoms with E-state index in [0.29, 0.717) is 31.2 Å². The summed E-state index contributed by atoms with van der Waals surface area (Å²) in [6.45, 7) is 0.363. The number of benzene rings is 3. The summed E-state index contributed by atoms with van der Waals surface area (Å²) >= 11 is 0. The Morgan fingerprint density at radius 1 is 0.930 bits per heavy atom. The molecule has 3 aromatic carbocycles. The Morgan fingerprint density at radius 3 is 2.12 bits per heavy atom. The summed E-state index contributed by atoms with van der Waals surface area (Å²) in [5.74, 6) is -1.28. The van der Waals surface area contributed by atoms with Crippen molar-refractivity contribution in [1.82, 2.24) is 0 Å². The fourth-order valence-electron chi connectivity index (χ4n) is 5.57. The smallest absolute Gasteiger partial charge is 0.303 e. The van der Waals surface area contributed by atoms with Crippen molar-refractivity contribution in [2.45, 2.75) is 63.2 Å². The van der Waals surface area contributed by atoms with Crippen LogP contribution in [-0.2, 0) is 27.2 Å². The molecule has 0 aliphatic carbocycles. The summed E-state index contributed by atoms with van der Waals surface area (Å²) in [7, 11) is 0. The first-order chi connectivity index (χ1) is 20.7. The maximum Gasteiger partial charge on any atom is 0.303 e. The van der Waals surface area contributed by atoms with Gasteiger partial charge in [0.2, 0.25) is 5.91 Å². The Labute approximate surface area is 251 Å². The molecule has 0 spiro atoms. The molecule has 1 amide bonds. The van der Waals surface area contributed by atoms with E-state index in [4.69, 9.17) is 9.84 Å². The fraction of sp³-hybridized carbons (Fsp3) is 0.412. The maximum atomic E-state index is 13.6. The number of ether oxygens (including phenoxy) is 1. The summed E-state index contributed by atoms with van der Waals surface area (Å²) < 4.78 is 19.1. The van der Waals surface area contributed by atoms with Crippen molar-refractivity contribution in [1.29, 1.82) is 0 Å². The lowest BCUT2D eigenvalue weighted by atomic mass is 9.78. The van der Waals surface area contributed by atoms with Crippen molar-refractivity contribution < 1.29 is 39.1 Å². The predicted octanol–water partition coefficient (Wildman–Crippen LogP) is 4.19. The largest absolute Gasteiger partial charge is 0.458 e. The van der Waals surface area contributed by atoms with Crippen molar-refractivity contribution in [2.75, 3.05) is 24.7 Å². The lowest BCUT2D eigenvalue weighted by Crippen LogP contribution is -2.55. The Balaban J connectivity index is 1.56. The van der Waals surface area contributed by atoms with Crippen LogP contribution < -0.4 is 4.90 Å². The standard InChI is InChI=1S/C34H40FNO7/c1-23(40)43-31(26-10-12-28(35)13-11-26)17-16-30-32(27-8-4-25(5-9-27)18-19-34(42,21-38)22-39)36(33(30)41)29-14-6-24(7-15-29)3-2-20-37/h4-15,30-32,37-39,42H,2-3,16-22H2,1H3/t30-,31-,32-/m1/s1. The zero-order valence-corrected chi connectivity index (χ0v) is 24.4. The molecule has 8 nitrogen and oxygen atoms in total. The van der Waals surface area contributed by atoms with Crippen LogP contribution in [0.1, 0.15) is 67.0 Å². The van der Waals surface area contributed by atoms with Crippen LogP contribution in [0.2, 0.25) is 0 Å². The molecular weight excluding hydrogens is 553 g/mol. The number of nitrogens with zero attached hydrogens (tertiary/aromatic N) is 1. The number of amides is 1. The van der Waals surface area contributed by atoms with Crippen LogP contribution in [0.3, 0.4) is 0 Å². The number of esters is 1. The van der Waals surface area contributed by atoms with Crippen LogP contribution in [0, 0.1) is 11.7 Å². The molecule has 0 unspecified atom stereocenters. The molecule has 1 heterocycles. The minimum Gasteiger partial charge on any atom is -0.458 e. The Kier molecular flexibility index (Phi) is 11.0. The number of carbonyl (C=O) groups excluding carboxylic acids is 2. The van der Waals surface area contributed by atoms with E-state index in [1.165, 1.54) is 19.1 Å². The van der Waals surface area contributed by atoms with Crippen molar-refractivity contribution >= 4 is 17.6 Å². The molecular formula is C34H40FNO7. The molecule has 0 saturated carbocycles. The van der Waals surface area contributed by atoms with E-state index in [1.54, 1.807) is 17.0 Å². The molecule has 1 saturated heterocycles. The second-order valence-electron chi connectivity index (χ2n) is 11.3. The minimum absolute atomic E-state index is 0.0474. The summed E-state index contributed by atoms with van der Waals surface area (Å²) in [5.41, 5.74) is 2.77. The second-order valence-corrected chi connectivity index (χ2v) is 11.3. The Bertz CT molecular complexity index is 1340. The molecule has 4 N–H and O–H groups in total.